The molecule has 0 fully saturated rings. The van der Waals surface area contributed by atoms with Gasteiger partial charge in [-0.05, 0) is 64.4 Å². The normalized spacial score (nSPS) is 11.4. The third kappa shape index (κ3) is 4.71. The predicted octanol–water partition coefficient (Wildman–Crippen LogP) is 6.96. The van der Waals surface area contributed by atoms with Crippen LogP contribution in [0, 0.1) is 13.8 Å². The maximum atomic E-state index is 12.9. The Morgan fingerprint density at radius 1 is 1.03 bits per heavy atom. The average Bonchev–Trinajstić information content (AvgIpc) is 2.88. The summed E-state index contributed by atoms with van der Waals surface area (Å²) in [6.07, 6.45) is -0.605. The number of rotatable bonds is 3. The molecule has 0 saturated carbocycles. The average molecular weight is 449 g/mol. The van der Waals surface area contributed by atoms with E-state index in [4.69, 9.17) is 32.4 Å². The Balaban J connectivity index is 2.01. The van der Waals surface area contributed by atoms with E-state index >= 15 is 0 Å². The number of benzene rings is 2. The van der Waals surface area contributed by atoms with E-state index in [2.05, 4.69) is 10.6 Å². The van der Waals surface area contributed by atoms with Gasteiger partial charge in [-0.15, -0.1) is 0 Å². The van der Waals surface area contributed by atoms with Crippen molar-refractivity contribution in [1.29, 1.82) is 0 Å². The van der Waals surface area contributed by atoms with Crippen LogP contribution in [0.2, 0.25) is 10.0 Å². The molecule has 1 aromatic heterocycles. The molecule has 0 aliphatic heterocycles. The number of furan rings is 1. The van der Waals surface area contributed by atoms with Crippen molar-refractivity contribution in [2.45, 2.75) is 40.2 Å². The third-order valence-corrected chi connectivity index (χ3v) is 4.99. The van der Waals surface area contributed by atoms with Crippen molar-refractivity contribution in [3.05, 3.63) is 57.3 Å². The summed E-state index contributed by atoms with van der Waals surface area (Å²) in [5.74, 6) is 0.207. The summed E-state index contributed by atoms with van der Waals surface area (Å²) < 4.78 is 11.2. The van der Waals surface area contributed by atoms with Gasteiger partial charge in [-0.1, -0.05) is 29.3 Å². The molecular formula is C22H22Cl2N2O4. The number of amides is 2. The van der Waals surface area contributed by atoms with Gasteiger partial charge in [0.25, 0.3) is 5.91 Å². The lowest BCUT2D eigenvalue weighted by atomic mass is 10.1. The molecular weight excluding hydrogens is 427 g/mol. The number of hydrogen-bond donors (Lipinski definition) is 2. The van der Waals surface area contributed by atoms with E-state index in [0.29, 0.717) is 22.7 Å². The molecule has 0 aliphatic carbocycles. The lowest BCUT2D eigenvalue weighted by Crippen LogP contribution is -2.27. The molecule has 30 heavy (non-hydrogen) atoms. The first kappa shape index (κ1) is 22.0. The lowest BCUT2D eigenvalue weighted by molar-refractivity contribution is 0.0636. The van der Waals surface area contributed by atoms with Crippen molar-refractivity contribution in [2.75, 3.05) is 10.6 Å². The molecule has 3 rings (SSSR count). The number of nitrogens with one attached hydrogen (secondary N) is 2. The zero-order chi connectivity index (χ0) is 22.2. The number of halogens is 2. The van der Waals surface area contributed by atoms with E-state index in [0.717, 1.165) is 10.9 Å². The molecule has 0 unspecified atom stereocenters. The van der Waals surface area contributed by atoms with Crippen molar-refractivity contribution in [1.82, 2.24) is 0 Å². The Morgan fingerprint density at radius 2 is 1.67 bits per heavy atom. The van der Waals surface area contributed by atoms with Crippen molar-refractivity contribution in [3.63, 3.8) is 0 Å². The molecule has 6 nitrogen and oxygen atoms in total. The molecule has 2 amide bonds. The molecule has 1 heterocycles. The van der Waals surface area contributed by atoms with Gasteiger partial charge in [-0.25, -0.2) is 4.79 Å². The standard InChI is InChI=1S/C22H22Cl2N2O4/c1-11-12(2)29-19-14(11)9-13(25-21(28)30-22(3,4)5)10-17(19)26-20(27)18-15(23)7-6-8-16(18)24/h6-10H,1-5H3,(H,25,28)(H,26,27). The van der Waals surface area contributed by atoms with Crippen molar-refractivity contribution in [3.8, 4) is 0 Å². The van der Waals surface area contributed by atoms with Gasteiger partial charge in [0.2, 0.25) is 0 Å². The first-order valence-corrected chi connectivity index (χ1v) is 10.0. The summed E-state index contributed by atoms with van der Waals surface area (Å²) in [5.41, 5.74) is 1.70. The number of anilines is 2. The van der Waals surface area contributed by atoms with Gasteiger partial charge in [0.1, 0.15) is 11.4 Å². The SMILES string of the molecule is Cc1oc2c(NC(=O)c3c(Cl)cccc3Cl)cc(NC(=O)OC(C)(C)C)cc2c1C. The fourth-order valence-electron chi connectivity index (χ4n) is 2.92. The molecule has 0 spiro atoms. The van der Waals surface area contributed by atoms with E-state index in [1.165, 1.54) is 0 Å². The Kier molecular flexibility index (Phi) is 6.01. The van der Waals surface area contributed by atoms with Gasteiger partial charge in [0, 0.05) is 11.1 Å². The van der Waals surface area contributed by atoms with Gasteiger partial charge < -0.3 is 14.5 Å². The lowest BCUT2D eigenvalue weighted by Gasteiger charge is -2.20. The van der Waals surface area contributed by atoms with E-state index in [-0.39, 0.29) is 15.6 Å². The molecule has 2 aromatic carbocycles. The number of carbonyl (C=O) groups excluding carboxylic acids is 2. The van der Waals surface area contributed by atoms with Crippen LogP contribution >= 0.6 is 23.2 Å². The highest BCUT2D eigenvalue weighted by atomic mass is 35.5. The van der Waals surface area contributed by atoms with Gasteiger partial charge in [0.15, 0.2) is 5.58 Å². The van der Waals surface area contributed by atoms with Crippen LogP contribution in [-0.2, 0) is 4.74 Å². The van der Waals surface area contributed by atoms with Gasteiger partial charge in [0.05, 0.1) is 21.3 Å². The summed E-state index contributed by atoms with van der Waals surface area (Å²) in [4.78, 5) is 25.1. The number of aryl methyl sites for hydroxylation is 2. The molecule has 0 radical (unpaired) electrons. The zero-order valence-electron chi connectivity index (χ0n) is 17.3. The highest BCUT2D eigenvalue weighted by Crippen LogP contribution is 2.35. The van der Waals surface area contributed by atoms with Gasteiger partial charge in [-0.2, -0.15) is 0 Å². The molecule has 0 bridgehead atoms. The molecule has 2 N–H and O–H groups in total. The second kappa shape index (κ2) is 8.20. The smallest absolute Gasteiger partial charge is 0.412 e. The van der Waals surface area contributed by atoms with Crippen LogP contribution in [0.5, 0.6) is 0 Å². The largest absolute Gasteiger partial charge is 0.459 e. The van der Waals surface area contributed by atoms with Gasteiger partial charge >= 0.3 is 6.09 Å². The first-order chi connectivity index (χ1) is 14.0. The van der Waals surface area contributed by atoms with E-state index in [1.807, 2.05) is 13.8 Å². The monoisotopic (exact) mass is 448 g/mol. The van der Waals surface area contributed by atoms with E-state index in [1.54, 1.807) is 51.1 Å². The van der Waals surface area contributed by atoms with Crippen molar-refractivity contribution in [2.24, 2.45) is 0 Å². The second-order valence-electron chi connectivity index (χ2n) is 7.86. The van der Waals surface area contributed by atoms with Crippen LogP contribution in [0.15, 0.2) is 34.7 Å². The maximum absolute atomic E-state index is 12.9. The minimum atomic E-state index is -0.645. The molecule has 0 saturated heterocycles. The minimum absolute atomic E-state index is 0.152. The summed E-state index contributed by atoms with van der Waals surface area (Å²) >= 11 is 12.3. The molecule has 0 atom stereocenters. The minimum Gasteiger partial charge on any atom is -0.459 e. The molecule has 3 aromatic rings. The summed E-state index contributed by atoms with van der Waals surface area (Å²) in [7, 11) is 0. The zero-order valence-corrected chi connectivity index (χ0v) is 18.8. The summed E-state index contributed by atoms with van der Waals surface area (Å²) in [6, 6.07) is 8.18. The van der Waals surface area contributed by atoms with Crippen molar-refractivity contribution >= 4 is 57.5 Å². The fourth-order valence-corrected chi connectivity index (χ4v) is 3.49. The Hall–Kier alpha value is -2.70. The predicted molar refractivity (Wildman–Crippen MR) is 120 cm³/mol. The number of ether oxygens (including phenoxy) is 1. The van der Waals surface area contributed by atoms with Crippen LogP contribution in [0.3, 0.4) is 0 Å². The quantitative estimate of drug-likeness (QED) is 0.453. The number of fused-ring (bicyclic) bond motifs is 1. The Morgan fingerprint density at radius 3 is 2.27 bits per heavy atom. The Bertz CT molecular complexity index is 1130. The third-order valence-electron chi connectivity index (χ3n) is 4.36. The maximum Gasteiger partial charge on any atom is 0.412 e. The van der Waals surface area contributed by atoms with Crippen molar-refractivity contribution < 1.29 is 18.7 Å². The summed E-state index contributed by atoms with van der Waals surface area (Å²) in [5, 5.41) is 6.70. The van der Waals surface area contributed by atoms with Crippen LogP contribution in [0.4, 0.5) is 16.2 Å². The van der Waals surface area contributed by atoms with Crippen LogP contribution in [0.1, 0.15) is 42.5 Å². The molecule has 8 heteroatoms. The number of carbonyl (C=O) groups is 2. The Labute approximate surface area is 184 Å². The second-order valence-corrected chi connectivity index (χ2v) is 8.68. The highest BCUT2D eigenvalue weighted by molar-refractivity contribution is 6.40. The van der Waals surface area contributed by atoms with Crippen LogP contribution < -0.4 is 10.6 Å². The topological polar surface area (TPSA) is 80.6 Å². The molecule has 158 valence electrons. The van der Waals surface area contributed by atoms with Crippen LogP contribution in [0.25, 0.3) is 11.0 Å². The first-order valence-electron chi connectivity index (χ1n) is 9.25. The summed E-state index contributed by atoms with van der Waals surface area (Å²) in [6.45, 7) is 9.05. The molecule has 0 aliphatic rings. The van der Waals surface area contributed by atoms with E-state index < -0.39 is 17.6 Å². The fraction of sp³-hybridized carbons (Fsp3) is 0.273. The van der Waals surface area contributed by atoms with Crippen LogP contribution in [-0.4, -0.2) is 17.6 Å². The highest BCUT2D eigenvalue weighted by Gasteiger charge is 2.21. The van der Waals surface area contributed by atoms with Gasteiger partial charge in [-0.3, -0.25) is 10.1 Å². The van der Waals surface area contributed by atoms with E-state index in [9.17, 15) is 9.59 Å². The number of hydrogen-bond acceptors (Lipinski definition) is 4.